The van der Waals surface area contributed by atoms with E-state index in [0.717, 1.165) is 5.56 Å². The third-order valence-electron chi connectivity index (χ3n) is 3.48. The molecule has 9 heteroatoms. The van der Waals surface area contributed by atoms with Crippen molar-refractivity contribution in [3.05, 3.63) is 29.8 Å². The second-order valence-electron chi connectivity index (χ2n) is 5.51. The van der Waals surface area contributed by atoms with Gasteiger partial charge in [-0.05, 0) is 37.0 Å². The van der Waals surface area contributed by atoms with Crippen molar-refractivity contribution in [2.24, 2.45) is 22.2 Å². The van der Waals surface area contributed by atoms with Crippen LogP contribution < -0.4 is 22.5 Å². The molecule has 8 N–H and O–H groups in total. The van der Waals surface area contributed by atoms with Gasteiger partial charge in [0.15, 0.2) is 5.96 Å². The molecule has 0 bridgehead atoms. The summed E-state index contributed by atoms with van der Waals surface area (Å²) in [4.78, 5) is 27.8. The molecule has 1 aromatic carbocycles. The molecular formula is C16H25N5O4. The summed E-state index contributed by atoms with van der Waals surface area (Å²) >= 11 is 0. The van der Waals surface area contributed by atoms with Crippen molar-refractivity contribution in [1.29, 1.82) is 0 Å². The maximum absolute atomic E-state index is 12.2. The molecule has 2 atom stereocenters. The van der Waals surface area contributed by atoms with E-state index >= 15 is 0 Å². The minimum Gasteiger partial charge on any atom is -0.508 e. The fourth-order valence-electron chi connectivity index (χ4n) is 2.15. The number of hydrogen-bond acceptors (Lipinski definition) is 6. The summed E-state index contributed by atoms with van der Waals surface area (Å²) in [5, 5.41) is 11.8. The number of carbonyl (C=O) groups excluding carboxylic acids is 2. The Bertz CT molecular complexity index is 599. The van der Waals surface area contributed by atoms with Crippen molar-refractivity contribution in [2.75, 3.05) is 13.7 Å². The molecule has 0 unspecified atom stereocenters. The largest absolute Gasteiger partial charge is 0.508 e. The average molecular weight is 351 g/mol. The molecule has 1 aromatic rings. The van der Waals surface area contributed by atoms with E-state index in [9.17, 15) is 14.7 Å². The molecule has 0 fully saturated rings. The first-order valence-corrected chi connectivity index (χ1v) is 7.80. The minimum absolute atomic E-state index is 0.0328. The smallest absolute Gasteiger partial charge is 0.328 e. The Labute approximate surface area is 146 Å². The van der Waals surface area contributed by atoms with Gasteiger partial charge >= 0.3 is 5.97 Å². The zero-order chi connectivity index (χ0) is 18.8. The lowest BCUT2D eigenvalue weighted by Gasteiger charge is -2.19. The zero-order valence-corrected chi connectivity index (χ0v) is 14.1. The van der Waals surface area contributed by atoms with E-state index in [4.69, 9.17) is 21.9 Å². The molecule has 9 nitrogen and oxygen atoms in total. The van der Waals surface area contributed by atoms with Crippen LogP contribution in [0.5, 0.6) is 5.75 Å². The van der Waals surface area contributed by atoms with E-state index in [2.05, 4.69) is 10.3 Å². The van der Waals surface area contributed by atoms with Gasteiger partial charge in [0, 0.05) is 6.54 Å². The minimum atomic E-state index is -0.839. The van der Waals surface area contributed by atoms with Crippen LogP contribution in [0.4, 0.5) is 0 Å². The van der Waals surface area contributed by atoms with Crippen LogP contribution in [0.3, 0.4) is 0 Å². The molecule has 0 aromatic heterocycles. The predicted octanol–water partition coefficient (Wildman–Crippen LogP) is -1.03. The Kier molecular flexibility index (Phi) is 8.21. The van der Waals surface area contributed by atoms with Crippen LogP contribution >= 0.6 is 0 Å². The van der Waals surface area contributed by atoms with Crippen LogP contribution in [-0.2, 0) is 20.7 Å². The van der Waals surface area contributed by atoms with Gasteiger partial charge < -0.3 is 32.4 Å². The monoisotopic (exact) mass is 351 g/mol. The second-order valence-corrected chi connectivity index (χ2v) is 5.51. The van der Waals surface area contributed by atoms with Gasteiger partial charge in [-0.3, -0.25) is 9.79 Å². The van der Waals surface area contributed by atoms with Gasteiger partial charge in [-0.2, -0.15) is 0 Å². The number of esters is 1. The molecule has 0 saturated heterocycles. The van der Waals surface area contributed by atoms with Gasteiger partial charge in [0.05, 0.1) is 13.2 Å². The highest BCUT2D eigenvalue weighted by molar-refractivity contribution is 5.87. The van der Waals surface area contributed by atoms with Gasteiger partial charge in [-0.15, -0.1) is 0 Å². The molecule has 1 amide bonds. The quantitative estimate of drug-likeness (QED) is 0.164. The van der Waals surface area contributed by atoms with E-state index in [1.165, 1.54) is 19.2 Å². The highest BCUT2D eigenvalue weighted by Crippen LogP contribution is 2.11. The zero-order valence-electron chi connectivity index (χ0n) is 14.1. The Morgan fingerprint density at radius 3 is 2.48 bits per heavy atom. The number of amides is 1. The fraction of sp³-hybridized carbons (Fsp3) is 0.438. The van der Waals surface area contributed by atoms with E-state index in [-0.39, 0.29) is 18.1 Å². The summed E-state index contributed by atoms with van der Waals surface area (Å²) in [6, 6.07) is 4.72. The van der Waals surface area contributed by atoms with Crippen LogP contribution in [0.2, 0.25) is 0 Å². The lowest BCUT2D eigenvalue weighted by molar-refractivity contribution is -0.145. The van der Waals surface area contributed by atoms with Crippen LogP contribution in [0.1, 0.15) is 18.4 Å². The molecule has 1 rings (SSSR count). The van der Waals surface area contributed by atoms with E-state index < -0.39 is 24.0 Å². The number of carbonyl (C=O) groups is 2. The Morgan fingerprint density at radius 2 is 1.92 bits per heavy atom. The van der Waals surface area contributed by atoms with Crippen molar-refractivity contribution in [3.63, 3.8) is 0 Å². The summed E-state index contributed by atoms with van der Waals surface area (Å²) in [5.74, 6) is -0.928. The summed E-state index contributed by atoms with van der Waals surface area (Å²) in [5.41, 5.74) is 17.1. The van der Waals surface area contributed by atoms with Crippen LogP contribution in [-0.4, -0.2) is 48.7 Å². The standard InChI is InChI=1S/C16H25N5O4/c1-25-15(24)13(3-2-8-20-16(18)19)21-14(23)12(17)9-10-4-6-11(22)7-5-10/h4-7,12-13,22H,2-3,8-9,17H2,1H3,(H,21,23)(H4,18,19,20)/t12-,13-/m0/s1. The number of nitrogens with two attached hydrogens (primary N) is 3. The number of hydrogen-bond donors (Lipinski definition) is 5. The molecule has 0 spiro atoms. The number of nitrogens with one attached hydrogen (secondary N) is 1. The number of phenols is 1. The number of ether oxygens (including phenoxy) is 1. The van der Waals surface area contributed by atoms with E-state index in [1.54, 1.807) is 12.1 Å². The highest BCUT2D eigenvalue weighted by atomic mass is 16.5. The number of benzene rings is 1. The lowest BCUT2D eigenvalue weighted by atomic mass is 10.0. The van der Waals surface area contributed by atoms with Crippen molar-refractivity contribution in [2.45, 2.75) is 31.3 Å². The molecule has 0 aliphatic rings. The van der Waals surface area contributed by atoms with Crippen LogP contribution in [0.25, 0.3) is 0 Å². The van der Waals surface area contributed by atoms with Crippen molar-refractivity contribution >= 4 is 17.8 Å². The third kappa shape index (κ3) is 7.53. The number of rotatable bonds is 9. The fourth-order valence-corrected chi connectivity index (χ4v) is 2.15. The third-order valence-corrected chi connectivity index (χ3v) is 3.48. The van der Waals surface area contributed by atoms with Gasteiger partial charge in [-0.25, -0.2) is 4.79 Å². The number of nitrogens with zero attached hydrogens (tertiary/aromatic N) is 1. The summed E-state index contributed by atoms with van der Waals surface area (Å²) in [6.45, 7) is 0.339. The summed E-state index contributed by atoms with van der Waals surface area (Å²) in [7, 11) is 1.24. The molecule has 0 aliphatic carbocycles. The van der Waals surface area contributed by atoms with E-state index in [0.29, 0.717) is 19.4 Å². The molecular weight excluding hydrogens is 326 g/mol. The number of aliphatic imine (C=N–C) groups is 1. The second kappa shape index (κ2) is 10.1. The molecule has 0 radical (unpaired) electrons. The Balaban J connectivity index is 2.58. The highest BCUT2D eigenvalue weighted by Gasteiger charge is 2.24. The number of aromatic hydroxyl groups is 1. The van der Waals surface area contributed by atoms with Crippen molar-refractivity contribution in [1.82, 2.24) is 5.32 Å². The number of phenolic OH excluding ortho intramolecular Hbond substituents is 1. The molecule has 25 heavy (non-hydrogen) atoms. The van der Waals surface area contributed by atoms with E-state index in [1.807, 2.05) is 0 Å². The molecule has 0 aliphatic heterocycles. The Morgan fingerprint density at radius 1 is 1.28 bits per heavy atom. The number of guanidine groups is 1. The van der Waals surface area contributed by atoms with Gasteiger partial charge in [0.1, 0.15) is 11.8 Å². The van der Waals surface area contributed by atoms with Gasteiger partial charge in [0.25, 0.3) is 0 Å². The molecule has 0 heterocycles. The first-order valence-electron chi connectivity index (χ1n) is 7.80. The SMILES string of the molecule is COC(=O)[C@H](CCCN=C(N)N)NC(=O)[C@@H](N)Cc1ccc(O)cc1. The topological polar surface area (TPSA) is 166 Å². The molecule has 0 saturated carbocycles. The van der Waals surface area contributed by atoms with Gasteiger partial charge in [-0.1, -0.05) is 12.1 Å². The first kappa shape index (κ1) is 20.2. The average Bonchev–Trinajstić information content (AvgIpc) is 2.58. The van der Waals surface area contributed by atoms with Crippen LogP contribution in [0.15, 0.2) is 29.3 Å². The normalized spacial score (nSPS) is 12.7. The lowest BCUT2D eigenvalue weighted by Crippen LogP contribution is -2.49. The van der Waals surface area contributed by atoms with Crippen LogP contribution in [0, 0.1) is 0 Å². The van der Waals surface area contributed by atoms with Crippen molar-refractivity contribution in [3.8, 4) is 5.75 Å². The van der Waals surface area contributed by atoms with Crippen molar-refractivity contribution < 1.29 is 19.4 Å². The maximum Gasteiger partial charge on any atom is 0.328 e. The maximum atomic E-state index is 12.2. The van der Waals surface area contributed by atoms with Gasteiger partial charge in [0.2, 0.25) is 5.91 Å². The Hall–Kier alpha value is -2.81. The summed E-state index contributed by atoms with van der Waals surface area (Å²) in [6.07, 6.45) is 1.08. The predicted molar refractivity (Wildman–Crippen MR) is 93.6 cm³/mol. The molecule has 138 valence electrons. The summed E-state index contributed by atoms with van der Waals surface area (Å²) < 4.78 is 4.70. The first-order chi connectivity index (χ1) is 11.8. The number of methoxy groups -OCH3 is 1.